The quantitative estimate of drug-likeness (QED) is 0.138. The summed E-state index contributed by atoms with van der Waals surface area (Å²) in [5, 5.41) is 13.0. The van der Waals surface area contributed by atoms with Gasteiger partial charge in [0.05, 0.1) is 16.5 Å². The van der Waals surface area contributed by atoms with Crippen molar-refractivity contribution in [2.45, 2.75) is 45.4 Å². The number of ether oxygens (including phenoxy) is 2. The zero-order valence-corrected chi connectivity index (χ0v) is 24.2. The number of β-lactam (4-membered cyclic amide) rings is 1. The highest BCUT2D eigenvalue weighted by molar-refractivity contribution is 8.00. The monoisotopic (exact) mass is 607 g/mol. The Balaban J connectivity index is 1.47. The fraction of sp³-hybridized carbons (Fsp3) is 0.391. The van der Waals surface area contributed by atoms with Gasteiger partial charge in [-0.15, -0.1) is 28.2 Å². The molecule has 0 spiro atoms. The molecule has 0 radical (unpaired) electrons. The maximum absolute atomic E-state index is 13.3. The Kier molecular flexibility index (Phi) is 8.85. The van der Waals surface area contributed by atoms with E-state index in [2.05, 4.69) is 25.0 Å². The first-order chi connectivity index (χ1) is 18.9. The van der Waals surface area contributed by atoms with E-state index in [1.807, 2.05) is 0 Å². The number of fused-ring (bicyclic) bond motifs is 1. The van der Waals surface area contributed by atoms with E-state index in [-0.39, 0.29) is 16.7 Å². The van der Waals surface area contributed by atoms with Gasteiger partial charge in [-0.05, 0) is 44.0 Å². The van der Waals surface area contributed by atoms with Crippen molar-refractivity contribution in [3.05, 3.63) is 33.8 Å². The van der Waals surface area contributed by atoms with Crippen molar-refractivity contribution in [2.75, 3.05) is 11.5 Å². The molecule has 212 valence electrons. The topological polar surface area (TPSA) is 188 Å². The number of carbonyl (C=O) groups is 4. The van der Waals surface area contributed by atoms with Crippen molar-refractivity contribution < 1.29 is 33.5 Å². The molecule has 0 aromatic carbocycles. The number of oxime groups is 1. The van der Waals surface area contributed by atoms with Gasteiger partial charge < -0.3 is 25.4 Å². The Morgan fingerprint density at radius 1 is 1.25 bits per heavy atom. The second-order valence-electron chi connectivity index (χ2n) is 9.41. The molecule has 0 aliphatic carbocycles. The average molecular weight is 608 g/mol. The number of hydrogen-bond acceptors (Lipinski definition) is 15. The number of aromatic nitrogens is 3. The van der Waals surface area contributed by atoms with Crippen LogP contribution < -0.4 is 15.9 Å². The van der Waals surface area contributed by atoms with E-state index >= 15 is 0 Å². The van der Waals surface area contributed by atoms with Crippen LogP contribution in [0.15, 0.2) is 33.3 Å². The van der Waals surface area contributed by atoms with Crippen LogP contribution in [-0.2, 0) is 28.7 Å². The maximum Gasteiger partial charge on any atom is 0.358 e. The molecule has 3 atom stereocenters. The standard InChI is InChI=1S/C23H25N7O7S3/c1-11(36-21(34)23(2,3)4)35-20(33)17-12(5-6-13-9-40-29-28-13)8-38-19-16(18(32)30(17)19)26-14(31)7-25-37-15-10-39-22(24)27-15/h5-7,9-11,16,19H,8H2,1-4H3,(H2,24,27)(H,26,31)/b6-5-,25-7-. The van der Waals surface area contributed by atoms with E-state index in [0.29, 0.717) is 17.0 Å². The number of nitrogens with zero attached hydrogens (tertiary/aromatic N) is 5. The smallest absolute Gasteiger partial charge is 0.358 e. The van der Waals surface area contributed by atoms with Crippen molar-refractivity contribution in [1.29, 1.82) is 0 Å². The lowest BCUT2D eigenvalue weighted by Gasteiger charge is -2.49. The number of allylic oxidation sites excluding steroid dienone is 1. The highest BCUT2D eigenvalue weighted by atomic mass is 32.2. The van der Waals surface area contributed by atoms with Crippen molar-refractivity contribution in [3.63, 3.8) is 0 Å². The number of thioether (sulfide) groups is 1. The van der Waals surface area contributed by atoms with Gasteiger partial charge in [-0.1, -0.05) is 15.7 Å². The van der Waals surface area contributed by atoms with E-state index in [9.17, 15) is 19.2 Å². The molecule has 17 heteroatoms. The summed E-state index contributed by atoms with van der Waals surface area (Å²) in [7, 11) is 0. The van der Waals surface area contributed by atoms with Crippen LogP contribution in [0.2, 0.25) is 0 Å². The molecule has 2 aliphatic heterocycles. The van der Waals surface area contributed by atoms with Crippen LogP contribution in [0.1, 0.15) is 33.4 Å². The van der Waals surface area contributed by atoms with Gasteiger partial charge in [-0.25, -0.2) is 4.79 Å². The van der Waals surface area contributed by atoms with Gasteiger partial charge in [0, 0.05) is 18.1 Å². The summed E-state index contributed by atoms with van der Waals surface area (Å²) in [4.78, 5) is 61.1. The first-order valence-corrected chi connectivity index (χ1v) is 14.5. The van der Waals surface area contributed by atoms with Gasteiger partial charge in [0.25, 0.3) is 17.7 Å². The minimum absolute atomic E-state index is 0.0181. The molecule has 2 amide bonds. The van der Waals surface area contributed by atoms with Gasteiger partial charge in [0.15, 0.2) is 5.13 Å². The van der Waals surface area contributed by atoms with Crippen molar-refractivity contribution >= 4 is 75.8 Å². The van der Waals surface area contributed by atoms with E-state index in [0.717, 1.165) is 17.6 Å². The number of thiazole rings is 1. The lowest BCUT2D eigenvalue weighted by atomic mass is 9.97. The Hall–Kier alpha value is -3.83. The molecule has 0 saturated carbocycles. The first kappa shape index (κ1) is 29.2. The molecule has 3 unspecified atom stereocenters. The molecular weight excluding hydrogens is 582 g/mol. The summed E-state index contributed by atoms with van der Waals surface area (Å²) in [6.07, 6.45) is 2.97. The van der Waals surface area contributed by atoms with E-state index in [4.69, 9.17) is 20.0 Å². The van der Waals surface area contributed by atoms with Crippen LogP contribution >= 0.6 is 34.6 Å². The number of esters is 2. The lowest BCUT2D eigenvalue weighted by Crippen LogP contribution is -2.70. The minimum atomic E-state index is -1.20. The second kappa shape index (κ2) is 12.1. The number of anilines is 1. The molecule has 14 nitrogen and oxygen atoms in total. The molecule has 2 aliphatic rings. The zero-order chi connectivity index (χ0) is 29.0. The third kappa shape index (κ3) is 6.83. The van der Waals surface area contributed by atoms with Crippen LogP contribution in [0.4, 0.5) is 5.13 Å². The van der Waals surface area contributed by atoms with Crippen molar-refractivity contribution in [2.24, 2.45) is 10.6 Å². The fourth-order valence-electron chi connectivity index (χ4n) is 3.38. The van der Waals surface area contributed by atoms with Gasteiger partial charge in [0.1, 0.15) is 23.3 Å². The van der Waals surface area contributed by atoms with Gasteiger partial charge in [-0.3, -0.25) is 19.3 Å². The molecule has 40 heavy (non-hydrogen) atoms. The molecule has 2 aromatic rings. The molecule has 3 N–H and O–H groups in total. The van der Waals surface area contributed by atoms with E-state index in [1.54, 1.807) is 38.3 Å². The number of nitrogens with two attached hydrogens (primary N) is 1. The zero-order valence-electron chi connectivity index (χ0n) is 21.7. The normalized spacial score (nSPS) is 19.8. The summed E-state index contributed by atoms with van der Waals surface area (Å²) in [6.45, 7) is 6.43. The highest BCUT2D eigenvalue weighted by Gasteiger charge is 2.54. The maximum atomic E-state index is 13.3. The number of rotatable bonds is 9. The Morgan fingerprint density at radius 2 is 2.02 bits per heavy atom. The highest BCUT2D eigenvalue weighted by Crippen LogP contribution is 2.41. The Bertz CT molecular complexity index is 1380. The number of nitrogens with one attached hydrogen (secondary N) is 1. The van der Waals surface area contributed by atoms with Crippen LogP contribution in [0, 0.1) is 5.41 Å². The molecular formula is C23H25N7O7S3. The van der Waals surface area contributed by atoms with Crippen LogP contribution in [0.3, 0.4) is 0 Å². The third-order valence-electron chi connectivity index (χ3n) is 5.30. The summed E-state index contributed by atoms with van der Waals surface area (Å²) < 4.78 is 14.4. The van der Waals surface area contributed by atoms with Gasteiger partial charge in [-0.2, -0.15) is 4.98 Å². The number of hydrogen-bond donors (Lipinski definition) is 2. The molecule has 0 bridgehead atoms. The predicted octanol–water partition coefficient (Wildman–Crippen LogP) is 1.79. The lowest BCUT2D eigenvalue weighted by molar-refractivity contribution is -0.190. The van der Waals surface area contributed by atoms with Crippen molar-refractivity contribution in [3.8, 4) is 5.88 Å². The number of nitrogen functional groups attached to an aromatic ring is 1. The Morgan fingerprint density at radius 3 is 2.67 bits per heavy atom. The largest absolute Gasteiger partial charge is 0.425 e. The summed E-state index contributed by atoms with van der Waals surface area (Å²) in [5.41, 5.74) is 5.76. The molecule has 4 rings (SSSR count). The summed E-state index contributed by atoms with van der Waals surface area (Å²) in [5.74, 6) is -2.17. The second-order valence-corrected chi connectivity index (χ2v) is 12.0. The molecule has 1 fully saturated rings. The van der Waals surface area contributed by atoms with E-state index < -0.39 is 46.9 Å². The van der Waals surface area contributed by atoms with Crippen LogP contribution in [0.25, 0.3) is 6.08 Å². The van der Waals surface area contributed by atoms with Crippen LogP contribution in [0.5, 0.6) is 5.88 Å². The van der Waals surface area contributed by atoms with Gasteiger partial charge in [0.2, 0.25) is 6.29 Å². The first-order valence-electron chi connectivity index (χ1n) is 11.7. The number of amides is 2. The Labute approximate surface area is 240 Å². The minimum Gasteiger partial charge on any atom is -0.425 e. The van der Waals surface area contributed by atoms with E-state index in [1.165, 1.54) is 40.5 Å². The van der Waals surface area contributed by atoms with Crippen molar-refractivity contribution in [1.82, 2.24) is 24.8 Å². The summed E-state index contributed by atoms with van der Waals surface area (Å²) in [6, 6.07) is -0.925. The molecule has 4 heterocycles. The predicted molar refractivity (Wildman–Crippen MR) is 148 cm³/mol. The fourth-order valence-corrected chi connectivity index (χ4v) is 5.58. The molecule has 2 aromatic heterocycles. The SMILES string of the molecule is CC(OC(=O)C1=C(/C=C\c2csnn2)CSC2C(NC(=O)/C=N\Oc3csc(N)n3)C(=O)N12)OC(=O)C(C)(C)C. The summed E-state index contributed by atoms with van der Waals surface area (Å²) >= 11 is 3.66. The van der Waals surface area contributed by atoms with Crippen LogP contribution in [-0.4, -0.2) is 72.9 Å². The molecule has 1 saturated heterocycles. The average Bonchev–Trinajstić information content (AvgIpc) is 3.56. The van der Waals surface area contributed by atoms with Gasteiger partial charge >= 0.3 is 11.9 Å². The third-order valence-corrected chi connectivity index (χ3v) is 7.77. The number of carbonyl (C=O) groups excluding carboxylic acids is 4.